The number of amides is 1. The minimum atomic E-state index is -0.835. The third-order valence-electron chi connectivity index (χ3n) is 8.76. The molecule has 0 aromatic rings. The zero-order valence-corrected chi connectivity index (χ0v) is 31.0. The molecule has 0 rings (SSSR count). The maximum atomic E-state index is 12.3. The van der Waals surface area contributed by atoms with Crippen molar-refractivity contribution in [3.8, 4) is 0 Å². The SMILES string of the molecule is CC/C=C\C/C=C\C/C=C\C/C=C\CCCCCCCCCCCCCCCCCCC(=O)NC(CO)C(O)/C=C/CCCCCC. The minimum absolute atomic E-state index is 0.0721. The molecule has 0 saturated heterocycles. The van der Waals surface area contributed by atoms with Gasteiger partial charge in [-0.15, -0.1) is 0 Å². The van der Waals surface area contributed by atoms with Crippen LogP contribution in [-0.2, 0) is 4.79 Å². The number of aliphatic hydroxyl groups is 2. The van der Waals surface area contributed by atoms with E-state index in [-0.39, 0.29) is 12.5 Å². The Bertz CT molecular complexity index is 797. The molecule has 0 spiro atoms. The molecule has 0 saturated carbocycles. The third kappa shape index (κ3) is 35.2. The highest BCUT2D eigenvalue weighted by Gasteiger charge is 2.17. The average molecular weight is 656 g/mol. The van der Waals surface area contributed by atoms with Crippen molar-refractivity contribution in [1.82, 2.24) is 5.32 Å². The Labute approximate surface area is 292 Å². The Morgan fingerprint density at radius 3 is 1.40 bits per heavy atom. The number of aliphatic hydroxyl groups excluding tert-OH is 2. The molecule has 0 aliphatic rings. The quantitative estimate of drug-likeness (QED) is 0.0470. The molecule has 0 fully saturated rings. The van der Waals surface area contributed by atoms with Crippen molar-refractivity contribution in [3.63, 3.8) is 0 Å². The van der Waals surface area contributed by atoms with Crippen LogP contribution in [0.5, 0.6) is 0 Å². The predicted molar refractivity (Wildman–Crippen MR) is 207 cm³/mol. The maximum absolute atomic E-state index is 12.3. The molecule has 1 amide bonds. The fraction of sp³-hybridized carbons (Fsp3) is 0.744. The fourth-order valence-corrected chi connectivity index (χ4v) is 5.70. The van der Waals surface area contributed by atoms with Crippen molar-refractivity contribution in [3.05, 3.63) is 60.8 Å². The summed E-state index contributed by atoms with van der Waals surface area (Å²) in [5, 5.41) is 22.7. The van der Waals surface area contributed by atoms with Crippen LogP contribution in [0.25, 0.3) is 0 Å². The van der Waals surface area contributed by atoms with Gasteiger partial charge in [0.1, 0.15) is 0 Å². The van der Waals surface area contributed by atoms with Gasteiger partial charge in [-0.1, -0.05) is 184 Å². The average Bonchev–Trinajstić information content (AvgIpc) is 3.07. The number of rotatable bonds is 35. The summed E-state index contributed by atoms with van der Waals surface area (Å²) in [6.45, 7) is 4.11. The van der Waals surface area contributed by atoms with Crippen LogP contribution in [0.3, 0.4) is 0 Å². The number of carbonyl (C=O) groups is 1. The summed E-state index contributed by atoms with van der Waals surface area (Å²) >= 11 is 0. The second-order valence-corrected chi connectivity index (χ2v) is 13.3. The van der Waals surface area contributed by atoms with Crippen LogP contribution in [0.1, 0.15) is 187 Å². The van der Waals surface area contributed by atoms with Crippen LogP contribution in [0.15, 0.2) is 60.8 Å². The first-order chi connectivity index (χ1) is 23.2. The van der Waals surface area contributed by atoms with Gasteiger partial charge in [-0.25, -0.2) is 0 Å². The fourth-order valence-electron chi connectivity index (χ4n) is 5.70. The first-order valence-electron chi connectivity index (χ1n) is 20.0. The summed E-state index contributed by atoms with van der Waals surface area (Å²) in [5.41, 5.74) is 0. The van der Waals surface area contributed by atoms with Crippen molar-refractivity contribution in [2.45, 2.75) is 199 Å². The predicted octanol–water partition coefficient (Wildman–Crippen LogP) is 12.2. The monoisotopic (exact) mass is 656 g/mol. The summed E-state index contributed by atoms with van der Waals surface area (Å²) in [6, 6.07) is -0.619. The molecule has 47 heavy (non-hydrogen) atoms. The van der Waals surface area contributed by atoms with Gasteiger partial charge in [-0.05, 0) is 57.8 Å². The highest BCUT2D eigenvalue weighted by molar-refractivity contribution is 5.76. The van der Waals surface area contributed by atoms with Gasteiger partial charge in [-0.3, -0.25) is 4.79 Å². The highest BCUT2D eigenvalue weighted by atomic mass is 16.3. The van der Waals surface area contributed by atoms with E-state index >= 15 is 0 Å². The Kier molecular flexibility index (Phi) is 37.0. The minimum Gasteiger partial charge on any atom is -0.394 e. The molecular weight excluding hydrogens is 578 g/mol. The van der Waals surface area contributed by atoms with Gasteiger partial charge in [0.2, 0.25) is 5.91 Å². The zero-order valence-electron chi connectivity index (χ0n) is 31.0. The summed E-state index contributed by atoms with van der Waals surface area (Å²) in [6.07, 6.45) is 53.5. The van der Waals surface area contributed by atoms with Crippen molar-refractivity contribution in [2.75, 3.05) is 6.61 Å². The highest BCUT2D eigenvalue weighted by Crippen LogP contribution is 2.15. The molecular formula is C43H77NO3. The van der Waals surface area contributed by atoms with Crippen molar-refractivity contribution >= 4 is 5.91 Å². The van der Waals surface area contributed by atoms with Crippen molar-refractivity contribution in [1.29, 1.82) is 0 Å². The normalized spacial score (nSPS) is 13.7. The van der Waals surface area contributed by atoms with Gasteiger partial charge >= 0.3 is 0 Å². The summed E-state index contributed by atoms with van der Waals surface area (Å²) in [7, 11) is 0. The Morgan fingerprint density at radius 1 is 0.532 bits per heavy atom. The molecule has 3 N–H and O–H groups in total. The van der Waals surface area contributed by atoms with Gasteiger partial charge in [0.05, 0.1) is 18.8 Å². The number of nitrogens with one attached hydrogen (secondary N) is 1. The van der Waals surface area contributed by atoms with Crippen LogP contribution >= 0.6 is 0 Å². The number of hydrogen-bond donors (Lipinski definition) is 3. The Balaban J connectivity index is 3.44. The van der Waals surface area contributed by atoms with E-state index in [1.54, 1.807) is 6.08 Å². The van der Waals surface area contributed by atoms with Gasteiger partial charge in [0.15, 0.2) is 0 Å². The molecule has 0 aliphatic carbocycles. The lowest BCUT2D eigenvalue weighted by Crippen LogP contribution is -2.45. The molecule has 0 aromatic heterocycles. The number of unbranched alkanes of at least 4 members (excludes halogenated alkanes) is 20. The standard InChI is InChI=1S/C43H77NO3/c1-3-5-7-9-11-12-13-14-15-16-17-18-19-20-21-22-23-24-25-26-27-28-29-30-31-32-33-35-37-39-43(47)44-41(40-45)42(46)38-36-34-10-8-6-4-2/h5,7,11-12,14-15,17-18,36,38,41-42,45-46H,3-4,6,8-10,13,16,19-35,37,39-40H2,1-2H3,(H,44,47)/b7-5-,12-11-,15-14-,18-17-,38-36+. The number of allylic oxidation sites excluding steroid dienone is 9. The lowest BCUT2D eigenvalue weighted by atomic mass is 10.0. The second-order valence-electron chi connectivity index (χ2n) is 13.3. The molecule has 2 atom stereocenters. The molecule has 0 bridgehead atoms. The lowest BCUT2D eigenvalue weighted by Gasteiger charge is -2.20. The number of carbonyl (C=O) groups excluding carboxylic acids is 1. The molecule has 0 radical (unpaired) electrons. The molecule has 0 aliphatic heterocycles. The Morgan fingerprint density at radius 2 is 0.936 bits per heavy atom. The van der Waals surface area contributed by atoms with Crippen molar-refractivity contribution < 1.29 is 15.0 Å². The molecule has 2 unspecified atom stereocenters. The molecule has 4 nitrogen and oxygen atoms in total. The van der Waals surface area contributed by atoms with E-state index in [4.69, 9.17) is 0 Å². The van der Waals surface area contributed by atoms with E-state index in [0.717, 1.165) is 51.4 Å². The van der Waals surface area contributed by atoms with E-state index in [1.165, 1.54) is 116 Å². The summed E-state index contributed by atoms with van der Waals surface area (Å²) in [4.78, 5) is 12.3. The van der Waals surface area contributed by atoms with Crippen LogP contribution < -0.4 is 5.32 Å². The van der Waals surface area contributed by atoms with E-state index in [2.05, 4.69) is 67.8 Å². The van der Waals surface area contributed by atoms with Crippen molar-refractivity contribution in [2.24, 2.45) is 0 Å². The smallest absolute Gasteiger partial charge is 0.220 e. The van der Waals surface area contributed by atoms with E-state index in [0.29, 0.717) is 6.42 Å². The topological polar surface area (TPSA) is 69.6 Å². The van der Waals surface area contributed by atoms with Gasteiger partial charge in [-0.2, -0.15) is 0 Å². The lowest BCUT2D eigenvalue weighted by molar-refractivity contribution is -0.123. The summed E-state index contributed by atoms with van der Waals surface area (Å²) < 4.78 is 0. The van der Waals surface area contributed by atoms with Crippen LogP contribution in [-0.4, -0.2) is 34.9 Å². The zero-order chi connectivity index (χ0) is 34.3. The van der Waals surface area contributed by atoms with E-state index < -0.39 is 12.1 Å². The summed E-state index contributed by atoms with van der Waals surface area (Å²) in [5.74, 6) is -0.0721. The Hall–Kier alpha value is -1.91. The van der Waals surface area contributed by atoms with Crippen LogP contribution in [0.4, 0.5) is 0 Å². The molecule has 4 heteroatoms. The maximum Gasteiger partial charge on any atom is 0.220 e. The first kappa shape index (κ1) is 45.1. The first-order valence-corrected chi connectivity index (χ1v) is 20.0. The van der Waals surface area contributed by atoms with Crippen LogP contribution in [0, 0.1) is 0 Å². The van der Waals surface area contributed by atoms with E-state index in [1.807, 2.05) is 6.08 Å². The van der Waals surface area contributed by atoms with E-state index in [9.17, 15) is 15.0 Å². The third-order valence-corrected chi connectivity index (χ3v) is 8.76. The second kappa shape index (κ2) is 38.5. The number of hydrogen-bond acceptors (Lipinski definition) is 3. The van der Waals surface area contributed by atoms with Gasteiger partial charge in [0.25, 0.3) is 0 Å². The molecule has 0 aromatic carbocycles. The van der Waals surface area contributed by atoms with Gasteiger partial charge in [0, 0.05) is 6.42 Å². The molecule has 0 heterocycles. The van der Waals surface area contributed by atoms with Gasteiger partial charge < -0.3 is 15.5 Å². The molecule has 272 valence electrons. The van der Waals surface area contributed by atoms with Crippen LogP contribution in [0.2, 0.25) is 0 Å². The largest absolute Gasteiger partial charge is 0.394 e.